The van der Waals surface area contributed by atoms with Gasteiger partial charge in [0.2, 0.25) is 5.91 Å². The quantitative estimate of drug-likeness (QED) is 0.855. The molecule has 0 radical (unpaired) electrons. The van der Waals surface area contributed by atoms with Crippen molar-refractivity contribution in [3.8, 4) is 6.07 Å². The summed E-state index contributed by atoms with van der Waals surface area (Å²) in [6.45, 7) is 0.0329. The van der Waals surface area contributed by atoms with Crippen molar-refractivity contribution in [1.29, 1.82) is 5.26 Å². The molecule has 0 saturated carbocycles. The van der Waals surface area contributed by atoms with Crippen LogP contribution in [0, 0.1) is 17.1 Å². The van der Waals surface area contributed by atoms with Crippen LogP contribution in [0.2, 0.25) is 0 Å². The number of nitriles is 1. The number of carbonyl (C=O) groups is 2. The van der Waals surface area contributed by atoms with E-state index in [1.54, 1.807) is 30.3 Å². The number of carbonyl (C=O) groups excluding carboxylic acids is 2. The summed E-state index contributed by atoms with van der Waals surface area (Å²) in [4.78, 5) is 26.1. The molecule has 0 bridgehead atoms. The van der Waals surface area contributed by atoms with E-state index in [-0.39, 0.29) is 18.6 Å². The summed E-state index contributed by atoms with van der Waals surface area (Å²) in [5.74, 6) is -2.29. The van der Waals surface area contributed by atoms with Gasteiger partial charge in [-0.2, -0.15) is 5.26 Å². The fourth-order valence-corrected chi connectivity index (χ4v) is 2.93. The minimum Gasteiger partial charge on any atom is -0.446 e. The Kier molecular flexibility index (Phi) is 4.75. The normalized spacial score (nSPS) is 17.7. The van der Waals surface area contributed by atoms with Crippen molar-refractivity contribution in [2.45, 2.75) is 18.4 Å². The monoisotopic (exact) mass is 338 g/mol. The molecule has 25 heavy (non-hydrogen) atoms. The van der Waals surface area contributed by atoms with E-state index in [4.69, 9.17) is 10.00 Å². The lowest BCUT2D eigenvalue weighted by Crippen LogP contribution is -2.38. The van der Waals surface area contributed by atoms with Crippen LogP contribution in [0.1, 0.15) is 29.5 Å². The minimum absolute atomic E-state index is 0.0329. The molecule has 1 aliphatic heterocycles. The molecule has 6 heteroatoms. The molecule has 2 atom stereocenters. The van der Waals surface area contributed by atoms with Gasteiger partial charge in [0.05, 0.1) is 18.4 Å². The van der Waals surface area contributed by atoms with Crippen LogP contribution in [0.5, 0.6) is 0 Å². The highest BCUT2D eigenvalue weighted by Crippen LogP contribution is 2.33. The Balaban J connectivity index is 1.97. The molecule has 2 amide bonds. The van der Waals surface area contributed by atoms with Crippen LogP contribution in [0.3, 0.4) is 0 Å². The van der Waals surface area contributed by atoms with Crippen molar-refractivity contribution in [2.24, 2.45) is 0 Å². The molecule has 1 unspecified atom stereocenters. The number of hydrogen-bond donors (Lipinski definition) is 0. The van der Waals surface area contributed by atoms with Crippen LogP contribution in [0.15, 0.2) is 54.6 Å². The maximum absolute atomic E-state index is 14.1. The zero-order valence-electron chi connectivity index (χ0n) is 13.3. The Morgan fingerprint density at radius 2 is 1.92 bits per heavy atom. The van der Waals surface area contributed by atoms with E-state index in [9.17, 15) is 14.0 Å². The number of rotatable bonds is 4. The molecule has 1 fully saturated rings. The predicted molar refractivity (Wildman–Crippen MR) is 86.7 cm³/mol. The summed E-state index contributed by atoms with van der Waals surface area (Å²) in [7, 11) is 0. The predicted octanol–water partition coefficient (Wildman–Crippen LogP) is 3.54. The number of benzene rings is 2. The average Bonchev–Trinajstić information content (AvgIpc) is 3.02. The molecule has 1 saturated heterocycles. The van der Waals surface area contributed by atoms with Crippen molar-refractivity contribution >= 4 is 12.0 Å². The summed E-state index contributed by atoms with van der Waals surface area (Å²) in [6, 6.07) is 16.1. The lowest BCUT2D eigenvalue weighted by Gasteiger charge is -2.24. The maximum atomic E-state index is 14.1. The minimum atomic E-state index is -1.07. The van der Waals surface area contributed by atoms with Gasteiger partial charge in [-0.3, -0.25) is 4.79 Å². The molecule has 0 spiro atoms. The molecule has 5 nitrogen and oxygen atoms in total. The second kappa shape index (κ2) is 7.14. The van der Waals surface area contributed by atoms with E-state index >= 15 is 0 Å². The van der Waals surface area contributed by atoms with Gasteiger partial charge in [0.1, 0.15) is 18.5 Å². The third kappa shape index (κ3) is 3.22. The Bertz CT molecular complexity index is 832. The highest BCUT2D eigenvalue weighted by atomic mass is 19.1. The Labute approximate surface area is 144 Å². The zero-order valence-corrected chi connectivity index (χ0v) is 13.3. The van der Waals surface area contributed by atoms with Crippen LogP contribution in [-0.2, 0) is 9.53 Å². The molecular formula is C19H15FN2O3. The Morgan fingerprint density at radius 3 is 2.60 bits per heavy atom. The van der Waals surface area contributed by atoms with Gasteiger partial charge < -0.3 is 4.74 Å². The number of nitrogens with zero attached hydrogens (tertiary/aromatic N) is 2. The third-order valence-corrected chi connectivity index (χ3v) is 4.17. The molecule has 2 aromatic carbocycles. The van der Waals surface area contributed by atoms with Gasteiger partial charge >= 0.3 is 6.09 Å². The Hall–Kier alpha value is -3.20. The van der Waals surface area contributed by atoms with Crippen LogP contribution in [0.4, 0.5) is 9.18 Å². The fraction of sp³-hybridized carbons (Fsp3) is 0.211. The van der Waals surface area contributed by atoms with Crippen LogP contribution >= 0.6 is 0 Å². The van der Waals surface area contributed by atoms with E-state index in [0.29, 0.717) is 0 Å². The molecule has 0 aliphatic carbocycles. The van der Waals surface area contributed by atoms with E-state index in [1.807, 2.05) is 12.1 Å². The van der Waals surface area contributed by atoms with E-state index in [2.05, 4.69) is 0 Å². The van der Waals surface area contributed by atoms with Crippen molar-refractivity contribution in [3.05, 3.63) is 71.5 Å². The number of cyclic esters (lactones) is 1. The number of hydrogen-bond acceptors (Lipinski definition) is 4. The number of imide groups is 1. The molecule has 0 aromatic heterocycles. The first kappa shape index (κ1) is 16.7. The molecule has 1 aliphatic rings. The average molecular weight is 338 g/mol. The smallest absolute Gasteiger partial charge is 0.417 e. The van der Waals surface area contributed by atoms with Crippen LogP contribution in [0.25, 0.3) is 0 Å². The second-order valence-electron chi connectivity index (χ2n) is 5.65. The molecule has 0 N–H and O–H groups in total. The van der Waals surface area contributed by atoms with E-state index in [0.717, 1.165) is 10.5 Å². The summed E-state index contributed by atoms with van der Waals surface area (Å²) < 4.78 is 19.2. The number of amides is 2. The lowest BCUT2D eigenvalue weighted by molar-refractivity contribution is -0.130. The molecule has 2 aromatic rings. The Morgan fingerprint density at radius 1 is 1.24 bits per heavy atom. The summed E-state index contributed by atoms with van der Waals surface area (Å²) in [6.07, 6.45) is -1.01. The van der Waals surface area contributed by atoms with Crippen molar-refractivity contribution in [2.75, 3.05) is 6.61 Å². The first-order chi connectivity index (χ1) is 12.1. The standard InChI is InChI=1S/C19H15FN2O3/c20-16-9-5-4-8-14(16)15(10-11-21)18(23)22-17(12-25-19(22)24)13-6-2-1-3-7-13/h1-9,15,17H,10,12H2/t15?,17-/m0/s1. The second-order valence-corrected chi connectivity index (χ2v) is 5.65. The molecule has 3 rings (SSSR count). The summed E-state index contributed by atoms with van der Waals surface area (Å²) in [5.41, 5.74) is 0.839. The van der Waals surface area contributed by atoms with Crippen LogP contribution < -0.4 is 0 Å². The third-order valence-electron chi connectivity index (χ3n) is 4.17. The van der Waals surface area contributed by atoms with Gasteiger partial charge in [-0.15, -0.1) is 0 Å². The first-order valence-electron chi connectivity index (χ1n) is 7.79. The highest BCUT2D eigenvalue weighted by molar-refractivity contribution is 5.97. The summed E-state index contributed by atoms with van der Waals surface area (Å²) >= 11 is 0. The lowest BCUT2D eigenvalue weighted by atomic mass is 9.93. The van der Waals surface area contributed by atoms with E-state index < -0.39 is 29.8 Å². The molecule has 1 heterocycles. The van der Waals surface area contributed by atoms with Gasteiger partial charge in [-0.25, -0.2) is 14.1 Å². The largest absolute Gasteiger partial charge is 0.446 e. The van der Waals surface area contributed by atoms with Crippen molar-refractivity contribution < 1.29 is 18.7 Å². The van der Waals surface area contributed by atoms with E-state index in [1.165, 1.54) is 18.2 Å². The van der Waals surface area contributed by atoms with Crippen molar-refractivity contribution in [1.82, 2.24) is 4.90 Å². The van der Waals surface area contributed by atoms with Gasteiger partial charge in [0.25, 0.3) is 0 Å². The maximum Gasteiger partial charge on any atom is 0.417 e. The van der Waals surface area contributed by atoms with Gasteiger partial charge in [0, 0.05) is 5.56 Å². The first-order valence-corrected chi connectivity index (χ1v) is 7.79. The van der Waals surface area contributed by atoms with Crippen molar-refractivity contribution in [3.63, 3.8) is 0 Å². The number of ether oxygens (including phenoxy) is 1. The van der Waals surface area contributed by atoms with Crippen LogP contribution in [-0.4, -0.2) is 23.5 Å². The SMILES string of the molecule is N#CCC(C(=O)N1C(=O)OC[C@H]1c1ccccc1)c1ccccc1F. The molecular weight excluding hydrogens is 323 g/mol. The fourth-order valence-electron chi connectivity index (χ4n) is 2.93. The van der Waals surface area contributed by atoms with Gasteiger partial charge in [-0.1, -0.05) is 48.5 Å². The molecule has 126 valence electrons. The van der Waals surface area contributed by atoms with Gasteiger partial charge in [0.15, 0.2) is 0 Å². The summed E-state index contributed by atoms with van der Waals surface area (Å²) in [5, 5.41) is 9.07. The zero-order chi connectivity index (χ0) is 17.8. The highest BCUT2D eigenvalue weighted by Gasteiger charge is 2.42. The number of halogens is 1. The van der Waals surface area contributed by atoms with Gasteiger partial charge in [-0.05, 0) is 11.6 Å². The topological polar surface area (TPSA) is 70.4 Å².